The van der Waals surface area contributed by atoms with Gasteiger partial charge in [0.1, 0.15) is 10.1 Å². The lowest BCUT2D eigenvalue weighted by atomic mass is 10.2. The van der Waals surface area contributed by atoms with Crippen molar-refractivity contribution in [1.29, 1.82) is 0 Å². The van der Waals surface area contributed by atoms with Gasteiger partial charge in [0.15, 0.2) is 5.65 Å². The van der Waals surface area contributed by atoms with Gasteiger partial charge in [-0.3, -0.25) is 0 Å². The summed E-state index contributed by atoms with van der Waals surface area (Å²) in [5.41, 5.74) is 1.62. The van der Waals surface area contributed by atoms with Crippen molar-refractivity contribution in [1.82, 2.24) is 19.7 Å². The van der Waals surface area contributed by atoms with Crippen molar-refractivity contribution in [3.8, 4) is 0 Å². The lowest BCUT2D eigenvalue weighted by molar-refractivity contribution is -0.0603. The molecule has 0 aliphatic carbocycles. The molecule has 1 unspecified atom stereocenters. The molecule has 1 aliphatic rings. The highest BCUT2D eigenvalue weighted by Crippen LogP contribution is 2.17. The van der Waals surface area contributed by atoms with Crippen molar-refractivity contribution in [2.24, 2.45) is 0 Å². The smallest absolute Gasteiger partial charge is 0.176 e. The van der Waals surface area contributed by atoms with Gasteiger partial charge in [0.05, 0.1) is 25.0 Å². The monoisotopic (exact) mass is 268 g/mol. The third-order valence-electron chi connectivity index (χ3n) is 2.48. The van der Waals surface area contributed by atoms with Crippen LogP contribution < -0.4 is 0 Å². The summed E-state index contributed by atoms with van der Waals surface area (Å²) in [6, 6.07) is 0. The Hall–Kier alpha value is -1.01. The minimum atomic E-state index is 0.290. The maximum atomic E-state index is 5.36. The molecule has 5 nitrogen and oxygen atoms in total. The summed E-state index contributed by atoms with van der Waals surface area (Å²) >= 11 is 3.28. The first kappa shape index (κ1) is 9.23. The molecule has 0 N–H and O–H groups in total. The van der Waals surface area contributed by atoms with Crippen LogP contribution in [0.25, 0.3) is 11.2 Å². The molecule has 0 spiro atoms. The molecule has 78 valence electrons. The molecule has 1 atom stereocenters. The van der Waals surface area contributed by atoms with Crippen LogP contribution in [0.4, 0.5) is 0 Å². The molecule has 1 saturated heterocycles. The summed E-state index contributed by atoms with van der Waals surface area (Å²) < 4.78 is 7.94. The van der Waals surface area contributed by atoms with Gasteiger partial charge in [0, 0.05) is 6.61 Å². The van der Waals surface area contributed by atoms with Gasteiger partial charge in [-0.15, -0.1) is 0 Å². The zero-order valence-corrected chi connectivity index (χ0v) is 9.51. The van der Waals surface area contributed by atoms with Crippen molar-refractivity contribution in [3.63, 3.8) is 0 Å². The second kappa shape index (κ2) is 3.53. The van der Waals surface area contributed by atoms with Gasteiger partial charge in [0.25, 0.3) is 0 Å². The Kier molecular flexibility index (Phi) is 2.17. The zero-order valence-electron chi connectivity index (χ0n) is 7.93. The number of hydrogen-bond acceptors (Lipinski definition) is 4. The first-order valence-electron chi connectivity index (χ1n) is 4.78. The summed E-state index contributed by atoms with van der Waals surface area (Å²) in [5, 5.41) is 4.25. The molecule has 15 heavy (non-hydrogen) atoms. The normalized spacial score (nSPS) is 20.5. The molecule has 3 heterocycles. The predicted molar refractivity (Wildman–Crippen MR) is 57.4 cm³/mol. The van der Waals surface area contributed by atoms with Crippen molar-refractivity contribution >= 4 is 27.1 Å². The van der Waals surface area contributed by atoms with E-state index in [1.54, 1.807) is 12.4 Å². The van der Waals surface area contributed by atoms with Crippen LogP contribution in [-0.2, 0) is 11.3 Å². The molecular weight excluding hydrogens is 260 g/mol. The third kappa shape index (κ3) is 1.63. The average molecular weight is 269 g/mol. The molecule has 2 aromatic heterocycles. The first-order valence-corrected chi connectivity index (χ1v) is 5.58. The Morgan fingerprint density at radius 1 is 1.53 bits per heavy atom. The molecule has 0 aromatic carbocycles. The number of nitrogens with zero attached hydrogens (tertiary/aromatic N) is 4. The van der Waals surface area contributed by atoms with E-state index in [1.165, 1.54) is 0 Å². The van der Waals surface area contributed by atoms with Crippen LogP contribution in [0.3, 0.4) is 0 Å². The second-order valence-corrected chi connectivity index (χ2v) is 4.32. The molecule has 0 bridgehead atoms. The number of rotatable bonds is 2. The first-order chi connectivity index (χ1) is 7.33. The van der Waals surface area contributed by atoms with E-state index in [9.17, 15) is 0 Å². The molecule has 1 aliphatic heterocycles. The van der Waals surface area contributed by atoms with Crippen LogP contribution in [0.15, 0.2) is 17.0 Å². The predicted octanol–water partition coefficient (Wildman–Crippen LogP) is 1.38. The van der Waals surface area contributed by atoms with Crippen LogP contribution in [0.1, 0.15) is 6.42 Å². The summed E-state index contributed by atoms with van der Waals surface area (Å²) in [4.78, 5) is 8.57. The van der Waals surface area contributed by atoms with Gasteiger partial charge < -0.3 is 4.74 Å². The van der Waals surface area contributed by atoms with Crippen molar-refractivity contribution in [2.45, 2.75) is 19.1 Å². The lowest BCUT2D eigenvalue weighted by Gasteiger charge is -2.26. The lowest BCUT2D eigenvalue weighted by Crippen LogP contribution is -2.31. The number of hydrogen-bond donors (Lipinski definition) is 0. The Morgan fingerprint density at radius 3 is 3.13 bits per heavy atom. The van der Waals surface area contributed by atoms with E-state index in [2.05, 4.69) is 31.0 Å². The fourth-order valence-corrected chi connectivity index (χ4v) is 1.89. The van der Waals surface area contributed by atoms with Crippen molar-refractivity contribution < 1.29 is 4.74 Å². The van der Waals surface area contributed by atoms with Crippen LogP contribution in [-0.4, -0.2) is 32.5 Å². The van der Waals surface area contributed by atoms with Crippen LogP contribution in [0, 0.1) is 0 Å². The van der Waals surface area contributed by atoms with Gasteiger partial charge in [-0.25, -0.2) is 14.6 Å². The number of ether oxygens (including phenoxy) is 1. The van der Waals surface area contributed by atoms with E-state index in [1.807, 2.05) is 4.68 Å². The largest absolute Gasteiger partial charge is 0.376 e. The third-order valence-corrected chi connectivity index (χ3v) is 2.87. The summed E-state index contributed by atoms with van der Waals surface area (Å²) in [6.07, 6.45) is 4.80. The quantitative estimate of drug-likeness (QED) is 0.826. The van der Waals surface area contributed by atoms with E-state index < -0.39 is 0 Å². The summed E-state index contributed by atoms with van der Waals surface area (Å²) in [5.74, 6) is 0. The summed E-state index contributed by atoms with van der Waals surface area (Å²) in [6.45, 7) is 1.63. The minimum absolute atomic E-state index is 0.290. The fourth-order valence-electron chi connectivity index (χ4n) is 1.59. The van der Waals surface area contributed by atoms with Crippen LogP contribution in [0.2, 0.25) is 0 Å². The van der Waals surface area contributed by atoms with Crippen molar-refractivity contribution in [2.75, 3.05) is 6.61 Å². The topological polar surface area (TPSA) is 52.8 Å². The van der Waals surface area contributed by atoms with Gasteiger partial charge in [-0.2, -0.15) is 5.10 Å². The van der Waals surface area contributed by atoms with E-state index >= 15 is 0 Å². The van der Waals surface area contributed by atoms with Crippen LogP contribution in [0.5, 0.6) is 0 Å². The average Bonchev–Trinajstić information content (AvgIpc) is 2.54. The van der Waals surface area contributed by atoms with E-state index in [-0.39, 0.29) is 0 Å². The second-order valence-electron chi connectivity index (χ2n) is 3.51. The van der Waals surface area contributed by atoms with Crippen molar-refractivity contribution in [3.05, 3.63) is 17.0 Å². The van der Waals surface area contributed by atoms with E-state index in [0.717, 1.165) is 35.3 Å². The Bertz CT molecular complexity index is 494. The zero-order chi connectivity index (χ0) is 10.3. The number of fused-ring (bicyclic) bond motifs is 1. The number of aromatic nitrogens is 4. The van der Waals surface area contributed by atoms with Gasteiger partial charge >= 0.3 is 0 Å². The molecule has 6 heteroatoms. The maximum absolute atomic E-state index is 5.36. The van der Waals surface area contributed by atoms with E-state index in [0.29, 0.717) is 6.10 Å². The highest BCUT2D eigenvalue weighted by Gasteiger charge is 2.20. The Balaban J connectivity index is 1.96. The Labute approximate surface area is 94.6 Å². The van der Waals surface area contributed by atoms with Gasteiger partial charge in [-0.05, 0) is 22.4 Å². The van der Waals surface area contributed by atoms with Crippen LogP contribution >= 0.6 is 15.9 Å². The molecule has 0 saturated carbocycles. The molecule has 1 fully saturated rings. The molecule has 2 aromatic rings. The standard InChI is InChI=1S/C9H9BrN4O/c10-8-4-11-9-7(13-8)3-12-14(9)5-6-1-2-15-6/h3-4,6H,1-2,5H2. The molecule has 3 rings (SSSR count). The van der Waals surface area contributed by atoms with E-state index in [4.69, 9.17) is 4.74 Å². The Morgan fingerprint density at radius 2 is 2.40 bits per heavy atom. The highest BCUT2D eigenvalue weighted by atomic mass is 79.9. The number of halogens is 1. The van der Waals surface area contributed by atoms with Gasteiger partial charge in [-0.1, -0.05) is 0 Å². The molecular formula is C9H9BrN4O. The molecule has 0 amide bonds. The minimum Gasteiger partial charge on any atom is -0.376 e. The SMILES string of the molecule is Brc1cnc2c(cnn2CC2CCO2)n1. The fraction of sp³-hybridized carbons (Fsp3) is 0.444. The molecule has 0 radical (unpaired) electrons. The van der Waals surface area contributed by atoms with Gasteiger partial charge in [0.2, 0.25) is 0 Å². The highest BCUT2D eigenvalue weighted by molar-refractivity contribution is 9.10. The maximum Gasteiger partial charge on any atom is 0.176 e. The summed E-state index contributed by atoms with van der Waals surface area (Å²) in [7, 11) is 0.